The molecule has 4 heteroatoms. The first kappa shape index (κ1) is 10.5. The minimum Gasteiger partial charge on any atom is -0.398 e. The zero-order chi connectivity index (χ0) is 10.8. The standard InChI is InChI=1S/C11H10FNS2/c1-7-5-10(9(13)6-8(7)12)15-11-3-2-4-14-11/h2-6H,13H2,1H3. The molecule has 1 heterocycles. The van der Waals surface area contributed by atoms with Crippen LogP contribution in [-0.4, -0.2) is 0 Å². The van der Waals surface area contributed by atoms with Crippen LogP contribution in [0.15, 0.2) is 38.8 Å². The van der Waals surface area contributed by atoms with E-state index in [4.69, 9.17) is 5.73 Å². The van der Waals surface area contributed by atoms with E-state index in [0.717, 1.165) is 9.10 Å². The van der Waals surface area contributed by atoms with Gasteiger partial charge in [0, 0.05) is 10.6 Å². The average molecular weight is 239 g/mol. The third-order valence-electron chi connectivity index (χ3n) is 2.00. The smallest absolute Gasteiger partial charge is 0.128 e. The normalized spacial score (nSPS) is 10.5. The molecule has 0 unspecified atom stereocenters. The van der Waals surface area contributed by atoms with Gasteiger partial charge in [-0.05, 0) is 36.1 Å². The fourth-order valence-electron chi connectivity index (χ4n) is 1.19. The van der Waals surface area contributed by atoms with Crippen molar-refractivity contribution < 1.29 is 4.39 Å². The third-order valence-corrected chi connectivity index (χ3v) is 4.11. The van der Waals surface area contributed by atoms with Gasteiger partial charge in [0.25, 0.3) is 0 Å². The zero-order valence-corrected chi connectivity index (χ0v) is 9.79. The van der Waals surface area contributed by atoms with Gasteiger partial charge in [0.15, 0.2) is 0 Å². The molecule has 0 radical (unpaired) electrons. The van der Waals surface area contributed by atoms with Crippen LogP contribution in [0.25, 0.3) is 0 Å². The summed E-state index contributed by atoms with van der Waals surface area (Å²) < 4.78 is 14.3. The molecule has 0 saturated heterocycles. The van der Waals surface area contributed by atoms with Gasteiger partial charge in [-0.15, -0.1) is 11.3 Å². The molecule has 0 saturated carbocycles. The maximum absolute atomic E-state index is 13.2. The average Bonchev–Trinajstić information content (AvgIpc) is 2.67. The van der Waals surface area contributed by atoms with Crippen molar-refractivity contribution in [3.8, 4) is 0 Å². The van der Waals surface area contributed by atoms with E-state index in [0.29, 0.717) is 11.3 Å². The van der Waals surface area contributed by atoms with Crippen LogP contribution in [0.3, 0.4) is 0 Å². The molecule has 0 aliphatic carbocycles. The van der Waals surface area contributed by atoms with E-state index in [2.05, 4.69) is 0 Å². The molecule has 1 aromatic carbocycles. The zero-order valence-electron chi connectivity index (χ0n) is 8.16. The predicted molar refractivity (Wildman–Crippen MR) is 64.0 cm³/mol. The van der Waals surface area contributed by atoms with Crippen molar-refractivity contribution in [3.63, 3.8) is 0 Å². The highest BCUT2D eigenvalue weighted by Crippen LogP contribution is 2.35. The van der Waals surface area contributed by atoms with Gasteiger partial charge < -0.3 is 5.73 Å². The molecule has 0 fully saturated rings. The van der Waals surface area contributed by atoms with Crippen LogP contribution in [0.4, 0.5) is 10.1 Å². The van der Waals surface area contributed by atoms with Gasteiger partial charge in [-0.1, -0.05) is 17.8 Å². The number of nitrogen functional groups attached to an aromatic ring is 1. The Bertz CT molecular complexity index is 466. The van der Waals surface area contributed by atoms with Gasteiger partial charge in [-0.3, -0.25) is 0 Å². The number of hydrogen-bond acceptors (Lipinski definition) is 3. The van der Waals surface area contributed by atoms with Crippen LogP contribution in [0.2, 0.25) is 0 Å². The third kappa shape index (κ3) is 2.33. The molecular weight excluding hydrogens is 229 g/mol. The summed E-state index contributed by atoms with van der Waals surface area (Å²) in [5.74, 6) is -0.247. The van der Waals surface area contributed by atoms with Crippen molar-refractivity contribution in [2.24, 2.45) is 0 Å². The summed E-state index contributed by atoms with van der Waals surface area (Å²) in [6.45, 7) is 1.74. The van der Waals surface area contributed by atoms with Crippen LogP contribution in [-0.2, 0) is 0 Å². The molecule has 0 bridgehead atoms. The minimum atomic E-state index is -0.247. The largest absolute Gasteiger partial charge is 0.398 e. The van der Waals surface area contributed by atoms with Crippen molar-refractivity contribution in [1.82, 2.24) is 0 Å². The molecule has 2 rings (SSSR count). The predicted octanol–water partition coefficient (Wildman–Crippen LogP) is 3.93. The molecule has 1 aromatic heterocycles. The molecule has 0 atom stereocenters. The molecule has 0 amide bonds. The fourth-order valence-corrected chi connectivity index (χ4v) is 3.04. The van der Waals surface area contributed by atoms with E-state index in [9.17, 15) is 4.39 Å². The molecule has 2 N–H and O–H groups in total. The van der Waals surface area contributed by atoms with Crippen molar-refractivity contribution >= 4 is 28.8 Å². The monoisotopic (exact) mass is 239 g/mol. The molecule has 78 valence electrons. The summed E-state index contributed by atoms with van der Waals surface area (Å²) in [5, 5.41) is 2.01. The number of hydrogen-bond donors (Lipinski definition) is 1. The maximum atomic E-state index is 13.2. The Labute approximate surface area is 96.1 Å². The summed E-state index contributed by atoms with van der Waals surface area (Å²) in [7, 11) is 0. The van der Waals surface area contributed by atoms with Gasteiger partial charge in [-0.25, -0.2) is 4.39 Å². The van der Waals surface area contributed by atoms with E-state index < -0.39 is 0 Å². The molecule has 0 spiro atoms. The number of anilines is 1. The Morgan fingerprint density at radius 1 is 1.40 bits per heavy atom. The van der Waals surface area contributed by atoms with Crippen molar-refractivity contribution in [1.29, 1.82) is 0 Å². The lowest BCUT2D eigenvalue weighted by atomic mass is 10.2. The Hall–Kier alpha value is -1.00. The molecule has 1 nitrogen and oxygen atoms in total. The van der Waals surface area contributed by atoms with Gasteiger partial charge in [0.2, 0.25) is 0 Å². The Balaban J connectivity index is 2.33. The van der Waals surface area contributed by atoms with Gasteiger partial charge >= 0.3 is 0 Å². The summed E-state index contributed by atoms with van der Waals surface area (Å²) in [6.07, 6.45) is 0. The van der Waals surface area contributed by atoms with E-state index >= 15 is 0 Å². The number of benzene rings is 1. The molecular formula is C11H10FNS2. The number of halogens is 1. The number of rotatable bonds is 2. The topological polar surface area (TPSA) is 26.0 Å². The lowest BCUT2D eigenvalue weighted by Gasteiger charge is -2.05. The van der Waals surface area contributed by atoms with Gasteiger partial charge in [0.05, 0.1) is 4.21 Å². The summed E-state index contributed by atoms with van der Waals surface area (Å²) in [5.41, 5.74) is 6.88. The van der Waals surface area contributed by atoms with E-state index in [1.54, 1.807) is 36.1 Å². The van der Waals surface area contributed by atoms with Crippen LogP contribution in [0.1, 0.15) is 5.56 Å². The second-order valence-electron chi connectivity index (χ2n) is 3.17. The summed E-state index contributed by atoms with van der Waals surface area (Å²) >= 11 is 3.22. The highest BCUT2D eigenvalue weighted by Gasteiger charge is 2.06. The van der Waals surface area contributed by atoms with Crippen molar-refractivity contribution in [2.75, 3.05) is 5.73 Å². The minimum absolute atomic E-state index is 0.247. The lowest BCUT2D eigenvalue weighted by molar-refractivity contribution is 0.618. The van der Waals surface area contributed by atoms with E-state index in [1.165, 1.54) is 6.07 Å². The van der Waals surface area contributed by atoms with Gasteiger partial charge in [-0.2, -0.15) is 0 Å². The van der Waals surface area contributed by atoms with Crippen molar-refractivity contribution in [3.05, 3.63) is 41.0 Å². The van der Waals surface area contributed by atoms with Crippen LogP contribution in [0.5, 0.6) is 0 Å². The molecule has 0 aliphatic heterocycles. The molecule has 2 aromatic rings. The van der Waals surface area contributed by atoms with Crippen LogP contribution in [0, 0.1) is 12.7 Å². The molecule has 0 aliphatic rings. The van der Waals surface area contributed by atoms with Crippen molar-refractivity contribution in [2.45, 2.75) is 16.0 Å². The second-order valence-corrected chi connectivity index (χ2v) is 5.46. The molecule has 15 heavy (non-hydrogen) atoms. The number of aryl methyl sites for hydroxylation is 1. The summed E-state index contributed by atoms with van der Waals surface area (Å²) in [6, 6.07) is 7.17. The lowest BCUT2D eigenvalue weighted by Crippen LogP contribution is -1.92. The number of thiophene rings is 1. The summed E-state index contributed by atoms with van der Waals surface area (Å²) in [4.78, 5) is 0.913. The Morgan fingerprint density at radius 3 is 2.87 bits per heavy atom. The quantitative estimate of drug-likeness (QED) is 0.804. The van der Waals surface area contributed by atoms with Gasteiger partial charge in [0.1, 0.15) is 5.82 Å². The number of nitrogens with two attached hydrogens (primary N) is 1. The first-order valence-electron chi connectivity index (χ1n) is 4.44. The van der Waals surface area contributed by atoms with E-state index in [-0.39, 0.29) is 5.82 Å². The van der Waals surface area contributed by atoms with Crippen LogP contribution >= 0.6 is 23.1 Å². The first-order valence-corrected chi connectivity index (χ1v) is 6.13. The Morgan fingerprint density at radius 2 is 2.20 bits per heavy atom. The van der Waals surface area contributed by atoms with E-state index in [1.807, 2.05) is 17.5 Å². The SMILES string of the molecule is Cc1cc(Sc2cccs2)c(N)cc1F. The maximum Gasteiger partial charge on any atom is 0.128 e. The highest BCUT2D eigenvalue weighted by atomic mass is 32.2. The second kappa shape index (κ2) is 4.24. The Kier molecular flexibility index (Phi) is 2.98. The first-order chi connectivity index (χ1) is 7.16. The highest BCUT2D eigenvalue weighted by molar-refractivity contribution is 8.01. The van der Waals surface area contributed by atoms with Crippen LogP contribution < -0.4 is 5.73 Å². The fraction of sp³-hybridized carbons (Fsp3) is 0.0909.